The zero-order valence-corrected chi connectivity index (χ0v) is 23.5. The summed E-state index contributed by atoms with van der Waals surface area (Å²) in [4.78, 5) is 28.2. The number of aryl methyl sites for hydroxylation is 1. The maximum absolute atomic E-state index is 13.7. The van der Waals surface area contributed by atoms with E-state index in [0.29, 0.717) is 18.7 Å². The van der Waals surface area contributed by atoms with Crippen molar-refractivity contribution in [2.45, 2.75) is 72.4 Å². The molecule has 1 N–H and O–H groups in total. The summed E-state index contributed by atoms with van der Waals surface area (Å²) in [7, 11) is -3.76. The lowest BCUT2D eigenvalue weighted by Gasteiger charge is -2.33. The summed E-state index contributed by atoms with van der Waals surface area (Å²) in [5, 5.41) is 2.89. The maximum Gasteiger partial charge on any atom is 0.244 e. The average Bonchev–Trinajstić information content (AvgIpc) is 2.80. The summed E-state index contributed by atoms with van der Waals surface area (Å²) in [6.07, 6.45) is 2.28. The van der Waals surface area contributed by atoms with Crippen molar-refractivity contribution in [3.63, 3.8) is 0 Å². The van der Waals surface area contributed by atoms with Gasteiger partial charge in [0.15, 0.2) is 0 Å². The Hall–Kier alpha value is -2.87. The van der Waals surface area contributed by atoms with Crippen molar-refractivity contribution in [2.24, 2.45) is 0 Å². The molecular formula is C28H41N3O4S. The summed E-state index contributed by atoms with van der Waals surface area (Å²) in [5.74, 6) is -0.663. The molecule has 0 bridgehead atoms. The number of hydrogen-bond donors (Lipinski definition) is 1. The Kier molecular flexibility index (Phi) is 10.1. The third-order valence-corrected chi connectivity index (χ3v) is 7.38. The van der Waals surface area contributed by atoms with Crippen LogP contribution in [0.2, 0.25) is 0 Å². The molecule has 198 valence electrons. The molecule has 0 aliphatic rings. The molecule has 2 rings (SSSR count). The van der Waals surface area contributed by atoms with Gasteiger partial charge in [0.1, 0.15) is 12.6 Å². The fourth-order valence-corrected chi connectivity index (χ4v) is 4.85. The topological polar surface area (TPSA) is 86.8 Å². The third kappa shape index (κ3) is 7.82. The Morgan fingerprint density at radius 1 is 1.00 bits per heavy atom. The van der Waals surface area contributed by atoms with Gasteiger partial charge in [-0.25, -0.2) is 8.42 Å². The smallest absolute Gasteiger partial charge is 0.244 e. The highest BCUT2D eigenvalue weighted by molar-refractivity contribution is 7.92. The minimum atomic E-state index is -3.76. The van der Waals surface area contributed by atoms with Crippen molar-refractivity contribution in [3.8, 4) is 0 Å². The van der Waals surface area contributed by atoms with Crippen LogP contribution >= 0.6 is 0 Å². The van der Waals surface area contributed by atoms with Crippen LogP contribution in [0.3, 0.4) is 0 Å². The van der Waals surface area contributed by atoms with Gasteiger partial charge in [-0.3, -0.25) is 13.9 Å². The molecule has 2 amide bonds. The fourth-order valence-electron chi connectivity index (χ4n) is 4.00. The van der Waals surface area contributed by atoms with E-state index in [-0.39, 0.29) is 17.9 Å². The number of nitrogens with zero attached hydrogens (tertiary/aromatic N) is 2. The highest BCUT2D eigenvalue weighted by atomic mass is 32.2. The van der Waals surface area contributed by atoms with Crippen LogP contribution in [-0.2, 0) is 31.6 Å². The normalized spacial score (nSPS) is 12.6. The summed E-state index contributed by atoms with van der Waals surface area (Å²) in [6.45, 7) is 12.3. The quantitative estimate of drug-likeness (QED) is 0.481. The van der Waals surface area contributed by atoms with Crippen molar-refractivity contribution in [1.82, 2.24) is 10.2 Å². The molecule has 1 atom stereocenters. The van der Waals surface area contributed by atoms with E-state index in [9.17, 15) is 18.0 Å². The predicted molar refractivity (Wildman–Crippen MR) is 146 cm³/mol. The van der Waals surface area contributed by atoms with Crippen LogP contribution in [0.4, 0.5) is 5.69 Å². The Morgan fingerprint density at radius 2 is 1.61 bits per heavy atom. The highest BCUT2D eigenvalue weighted by Crippen LogP contribution is 2.26. The summed E-state index contributed by atoms with van der Waals surface area (Å²) < 4.78 is 26.7. The van der Waals surface area contributed by atoms with Crippen LogP contribution in [-0.4, -0.2) is 50.5 Å². The van der Waals surface area contributed by atoms with E-state index >= 15 is 0 Å². The van der Waals surface area contributed by atoms with Gasteiger partial charge in [-0.2, -0.15) is 0 Å². The minimum Gasteiger partial charge on any atom is -0.354 e. The number of sulfonamides is 1. The molecule has 0 unspecified atom stereocenters. The standard InChI is InChI=1S/C28H41N3O4S/c1-8-18-29-27(33)25(9-2)30(19-22-13-11-10-12-21(22)3)26(32)20-31(36(7,34)35)24-16-14-23(15-17-24)28(4,5)6/h10-17,25H,8-9,18-20H2,1-7H3,(H,29,33)/t25-/m0/s1. The van der Waals surface area contributed by atoms with Gasteiger partial charge < -0.3 is 10.2 Å². The second kappa shape index (κ2) is 12.4. The van der Waals surface area contributed by atoms with Gasteiger partial charge in [0.05, 0.1) is 11.9 Å². The van der Waals surface area contributed by atoms with E-state index in [0.717, 1.165) is 33.7 Å². The van der Waals surface area contributed by atoms with Crippen LogP contribution in [0, 0.1) is 6.92 Å². The van der Waals surface area contributed by atoms with Gasteiger partial charge in [-0.1, -0.05) is 71.0 Å². The molecule has 0 radical (unpaired) electrons. The zero-order chi connectivity index (χ0) is 27.1. The summed E-state index contributed by atoms with van der Waals surface area (Å²) >= 11 is 0. The molecule has 8 heteroatoms. The third-order valence-electron chi connectivity index (χ3n) is 6.24. The van der Waals surface area contributed by atoms with E-state index in [1.807, 2.05) is 57.2 Å². The van der Waals surface area contributed by atoms with Crippen molar-refractivity contribution < 1.29 is 18.0 Å². The monoisotopic (exact) mass is 515 g/mol. The number of nitrogens with one attached hydrogen (secondary N) is 1. The SMILES string of the molecule is CCCNC(=O)[C@H](CC)N(Cc1ccccc1C)C(=O)CN(c1ccc(C(C)(C)C)cc1)S(C)(=O)=O. The van der Waals surface area contributed by atoms with Gasteiger partial charge in [-0.15, -0.1) is 0 Å². The predicted octanol–water partition coefficient (Wildman–Crippen LogP) is 4.39. The van der Waals surface area contributed by atoms with Crippen LogP contribution in [0.5, 0.6) is 0 Å². The first-order valence-electron chi connectivity index (χ1n) is 12.5. The van der Waals surface area contributed by atoms with E-state index < -0.39 is 28.5 Å². The molecule has 0 aliphatic carbocycles. The number of rotatable bonds is 11. The van der Waals surface area contributed by atoms with Crippen LogP contribution < -0.4 is 9.62 Å². The Bertz CT molecular complexity index is 1140. The second-order valence-electron chi connectivity index (χ2n) is 10.2. The van der Waals surface area contributed by atoms with Gasteiger partial charge in [0.2, 0.25) is 21.8 Å². The average molecular weight is 516 g/mol. The molecule has 36 heavy (non-hydrogen) atoms. The molecule has 0 aromatic heterocycles. The first kappa shape index (κ1) is 29.4. The molecule has 0 saturated heterocycles. The van der Waals surface area contributed by atoms with Gasteiger partial charge >= 0.3 is 0 Å². The van der Waals surface area contributed by atoms with Gasteiger partial charge in [0, 0.05) is 13.1 Å². The summed E-state index contributed by atoms with van der Waals surface area (Å²) in [6, 6.07) is 14.2. The minimum absolute atomic E-state index is 0.0885. The number of hydrogen-bond acceptors (Lipinski definition) is 4. The first-order chi connectivity index (χ1) is 16.8. The van der Waals surface area contributed by atoms with Crippen molar-refractivity contribution in [2.75, 3.05) is 23.7 Å². The number of carbonyl (C=O) groups excluding carboxylic acids is 2. The molecule has 7 nitrogen and oxygen atoms in total. The van der Waals surface area contributed by atoms with Crippen LogP contribution in [0.15, 0.2) is 48.5 Å². The molecule has 2 aromatic carbocycles. The fraction of sp³-hybridized carbons (Fsp3) is 0.500. The van der Waals surface area contributed by atoms with Gasteiger partial charge in [0.25, 0.3) is 0 Å². The number of carbonyl (C=O) groups is 2. The lowest BCUT2D eigenvalue weighted by molar-refractivity contribution is -0.140. The lowest BCUT2D eigenvalue weighted by atomic mass is 9.87. The molecule has 0 spiro atoms. The Labute approximate surface area is 216 Å². The zero-order valence-electron chi connectivity index (χ0n) is 22.7. The largest absolute Gasteiger partial charge is 0.354 e. The summed E-state index contributed by atoms with van der Waals surface area (Å²) in [5.41, 5.74) is 3.29. The van der Waals surface area contributed by atoms with Crippen LogP contribution in [0.1, 0.15) is 64.2 Å². The molecule has 0 fully saturated rings. The maximum atomic E-state index is 13.7. The Balaban J connectivity index is 2.44. The number of anilines is 1. The van der Waals surface area contributed by atoms with E-state index in [2.05, 4.69) is 26.1 Å². The molecule has 0 heterocycles. The van der Waals surface area contributed by atoms with E-state index in [1.54, 1.807) is 12.1 Å². The number of amides is 2. The highest BCUT2D eigenvalue weighted by Gasteiger charge is 2.32. The number of benzene rings is 2. The van der Waals surface area contributed by atoms with Crippen LogP contribution in [0.25, 0.3) is 0 Å². The molecule has 0 aliphatic heterocycles. The molecular weight excluding hydrogens is 474 g/mol. The molecule has 2 aromatic rings. The van der Waals surface area contributed by atoms with Crippen molar-refractivity contribution >= 4 is 27.5 Å². The Morgan fingerprint density at radius 3 is 2.11 bits per heavy atom. The van der Waals surface area contributed by atoms with Crippen molar-refractivity contribution in [1.29, 1.82) is 0 Å². The second-order valence-corrected chi connectivity index (χ2v) is 12.1. The van der Waals surface area contributed by atoms with Gasteiger partial charge in [-0.05, 0) is 54.0 Å². The lowest BCUT2D eigenvalue weighted by Crippen LogP contribution is -2.52. The van der Waals surface area contributed by atoms with Crippen molar-refractivity contribution in [3.05, 3.63) is 65.2 Å². The first-order valence-corrected chi connectivity index (χ1v) is 14.3. The van der Waals surface area contributed by atoms with E-state index in [4.69, 9.17) is 0 Å². The van der Waals surface area contributed by atoms with E-state index in [1.165, 1.54) is 4.90 Å². The molecule has 0 saturated carbocycles.